The molecule has 0 atom stereocenters. The summed E-state index contributed by atoms with van der Waals surface area (Å²) in [6.07, 6.45) is 3.20. The number of rotatable bonds is 3. The van der Waals surface area contributed by atoms with Crippen molar-refractivity contribution in [2.24, 2.45) is 7.05 Å². The lowest BCUT2D eigenvalue weighted by Gasteiger charge is -2.02. The molecule has 96 valence electrons. The van der Waals surface area contributed by atoms with Crippen molar-refractivity contribution in [3.8, 4) is 0 Å². The van der Waals surface area contributed by atoms with E-state index < -0.39 is 0 Å². The van der Waals surface area contributed by atoms with Crippen LogP contribution in [0.25, 0.3) is 11.0 Å². The molecule has 0 saturated carbocycles. The molecule has 0 radical (unpaired) electrons. The van der Waals surface area contributed by atoms with Crippen LogP contribution in [0.2, 0.25) is 0 Å². The van der Waals surface area contributed by atoms with Crippen LogP contribution in [-0.4, -0.2) is 30.6 Å². The van der Waals surface area contributed by atoms with Gasteiger partial charge < -0.3 is 10.3 Å². The molecule has 1 aromatic carbocycles. The Balaban J connectivity index is 1.72. The zero-order valence-corrected chi connectivity index (χ0v) is 10.3. The molecule has 0 saturated heterocycles. The number of aromatic amines is 1. The Kier molecular flexibility index (Phi) is 2.71. The van der Waals surface area contributed by atoms with Gasteiger partial charge in [-0.1, -0.05) is 0 Å². The summed E-state index contributed by atoms with van der Waals surface area (Å²) in [6.45, 7) is 0.306. The van der Waals surface area contributed by atoms with Gasteiger partial charge in [0.2, 0.25) is 0 Å². The number of H-pyrrole nitrogens is 1. The minimum absolute atomic E-state index is 0.163. The predicted molar refractivity (Wildman–Crippen MR) is 68.3 cm³/mol. The van der Waals surface area contributed by atoms with Gasteiger partial charge in [-0.05, 0) is 18.2 Å². The summed E-state index contributed by atoms with van der Waals surface area (Å²) < 4.78 is 1.60. The zero-order valence-electron chi connectivity index (χ0n) is 10.3. The molecule has 0 spiro atoms. The molecule has 7 heteroatoms. The first-order valence-corrected chi connectivity index (χ1v) is 5.78. The number of fused-ring (bicyclic) bond motifs is 1. The fourth-order valence-corrected chi connectivity index (χ4v) is 1.80. The molecule has 0 aliphatic rings. The summed E-state index contributed by atoms with van der Waals surface area (Å²) in [7, 11) is 1.78. The van der Waals surface area contributed by atoms with Gasteiger partial charge in [-0.15, -0.1) is 0 Å². The van der Waals surface area contributed by atoms with Gasteiger partial charge in [0.1, 0.15) is 6.33 Å². The first kappa shape index (κ1) is 11.4. The number of hydrogen-bond donors (Lipinski definition) is 2. The predicted octanol–water partition coefficient (Wildman–Crippen LogP) is 0.621. The van der Waals surface area contributed by atoms with E-state index in [9.17, 15) is 4.79 Å². The lowest BCUT2D eigenvalue weighted by atomic mass is 10.2. The van der Waals surface area contributed by atoms with Gasteiger partial charge in [0.15, 0.2) is 5.82 Å². The minimum atomic E-state index is -0.163. The molecular formula is C12H12N6O. The van der Waals surface area contributed by atoms with Crippen molar-refractivity contribution in [1.82, 2.24) is 30.0 Å². The Labute approximate surface area is 108 Å². The number of aryl methyl sites for hydroxylation is 1. The molecule has 3 aromatic rings. The van der Waals surface area contributed by atoms with Crippen LogP contribution in [0.15, 0.2) is 30.9 Å². The lowest BCUT2D eigenvalue weighted by Crippen LogP contribution is -2.23. The Morgan fingerprint density at radius 3 is 3.11 bits per heavy atom. The van der Waals surface area contributed by atoms with Crippen molar-refractivity contribution in [3.63, 3.8) is 0 Å². The van der Waals surface area contributed by atoms with E-state index in [1.807, 2.05) is 0 Å². The van der Waals surface area contributed by atoms with Crippen molar-refractivity contribution in [2.75, 3.05) is 0 Å². The zero-order chi connectivity index (χ0) is 13.2. The fourth-order valence-electron chi connectivity index (χ4n) is 1.80. The van der Waals surface area contributed by atoms with E-state index in [1.165, 1.54) is 0 Å². The summed E-state index contributed by atoms with van der Waals surface area (Å²) in [5, 5.41) is 6.87. The number of nitrogens with zero attached hydrogens (tertiary/aromatic N) is 4. The number of imidazole rings is 1. The average molecular weight is 256 g/mol. The van der Waals surface area contributed by atoms with Crippen LogP contribution in [0.4, 0.5) is 0 Å². The molecule has 0 bridgehead atoms. The molecule has 3 rings (SSSR count). The molecule has 2 N–H and O–H groups in total. The highest BCUT2D eigenvalue weighted by Crippen LogP contribution is 2.11. The Bertz CT molecular complexity index is 728. The van der Waals surface area contributed by atoms with Crippen LogP contribution >= 0.6 is 0 Å². The lowest BCUT2D eigenvalue weighted by molar-refractivity contribution is 0.0950. The monoisotopic (exact) mass is 256 g/mol. The third kappa shape index (κ3) is 2.30. The SMILES string of the molecule is Cn1cnc(CNC(=O)c2ccc3nc[nH]c3c2)n1. The van der Waals surface area contributed by atoms with Gasteiger partial charge in [0.25, 0.3) is 5.91 Å². The molecule has 7 nitrogen and oxygen atoms in total. The maximum absolute atomic E-state index is 12.0. The highest BCUT2D eigenvalue weighted by Gasteiger charge is 2.08. The van der Waals surface area contributed by atoms with Gasteiger partial charge in [-0.3, -0.25) is 9.48 Å². The highest BCUT2D eigenvalue weighted by atomic mass is 16.1. The van der Waals surface area contributed by atoms with Gasteiger partial charge in [-0.2, -0.15) is 5.10 Å². The van der Waals surface area contributed by atoms with E-state index in [2.05, 4.69) is 25.4 Å². The first-order valence-electron chi connectivity index (χ1n) is 5.78. The van der Waals surface area contributed by atoms with Gasteiger partial charge in [0, 0.05) is 12.6 Å². The molecule has 0 fully saturated rings. The average Bonchev–Trinajstić information content (AvgIpc) is 3.03. The maximum Gasteiger partial charge on any atom is 0.251 e. The second kappa shape index (κ2) is 4.52. The van der Waals surface area contributed by atoms with Crippen molar-refractivity contribution in [1.29, 1.82) is 0 Å². The van der Waals surface area contributed by atoms with Crippen molar-refractivity contribution in [2.45, 2.75) is 6.54 Å². The van der Waals surface area contributed by atoms with Crippen molar-refractivity contribution in [3.05, 3.63) is 42.2 Å². The largest absolute Gasteiger partial charge is 0.345 e. The fraction of sp³-hybridized carbons (Fsp3) is 0.167. The molecule has 2 heterocycles. The third-order valence-electron chi connectivity index (χ3n) is 2.74. The van der Waals surface area contributed by atoms with E-state index in [4.69, 9.17) is 0 Å². The van der Waals surface area contributed by atoms with E-state index in [1.54, 1.807) is 42.6 Å². The molecule has 1 amide bonds. The topological polar surface area (TPSA) is 88.5 Å². The molecule has 0 aliphatic carbocycles. The van der Waals surface area contributed by atoms with Crippen LogP contribution in [0.5, 0.6) is 0 Å². The van der Waals surface area contributed by atoms with Crippen LogP contribution in [0.3, 0.4) is 0 Å². The van der Waals surface area contributed by atoms with E-state index >= 15 is 0 Å². The quantitative estimate of drug-likeness (QED) is 0.719. The second-order valence-corrected chi connectivity index (χ2v) is 4.15. The number of amides is 1. The number of benzene rings is 1. The molecule has 19 heavy (non-hydrogen) atoms. The number of aromatic nitrogens is 5. The summed E-state index contributed by atoms with van der Waals surface area (Å²) in [5.74, 6) is 0.419. The normalized spacial score (nSPS) is 10.8. The highest BCUT2D eigenvalue weighted by molar-refractivity contribution is 5.97. The number of carbonyl (C=O) groups excluding carboxylic acids is 1. The van der Waals surface area contributed by atoms with Crippen LogP contribution in [-0.2, 0) is 13.6 Å². The van der Waals surface area contributed by atoms with Gasteiger partial charge in [-0.25, -0.2) is 9.97 Å². The smallest absolute Gasteiger partial charge is 0.251 e. The van der Waals surface area contributed by atoms with Gasteiger partial charge in [0.05, 0.1) is 23.9 Å². The van der Waals surface area contributed by atoms with E-state index in [0.717, 1.165) is 11.0 Å². The van der Waals surface area contributed by atoms with Crippen molar-refractivity contribution >= 4 is 16.9 Å². The number of nitrogens with one attached hydrogen (secondary N) is 2. The van der Waals surface area contributed by atoms with Crippen LogP contribution in [0, 0.1) is 0 Å². The summed E-state index contributed by atoms with van der Waals surface area (Å²) in [6, 6.07) is 5.31. The summed E-state index contributed by atoms with van der Waals surface area (Å²) in [4.78, 5) is 23.1. The molecule has 0 unspecified atom stereocenters. The molecule has 2 aromatic heterocycles. The van der Waals surface area contributed by atoms with Crippen LogP contribution < -0.4 is 5.32 Å². The van der Waals surface area contributed by atoms with Crippen molar-refractivity contribution < 1.29 is 4.79 Å². The van der Waals surface area contributed by atoms with E-state index in [0.29, 0.717) is 17.9 Å². The second-order valence-electron chi connectivity index (χ2n) is 4.15. The standard InChI is InChI=1S/C12H12N6O/c1-18-7-16-11(17-18)5-13-12(19)8-2-3-9-10(4-8)15-6-14-9/h2-4,6-7H,5H2,1H3,(H,13,19)(H,14,15). The minimum Gasteiger partial charge on any atom is -0.345 e. The molecular weight excluding hydrogens is 244 g/mol. The first-order chi connectivity index (χ1) is 9.22. The summed E-state index contributed by atoms with van der Waals surface area (Å²) >= 11 is 0. The Morgan fingerprint density at radius 2 is 2.32 bits per heavy atom. The van der Waals surface area contributed by atoms with E-state index in [-0.39, 0.29) is 5.91 Å². The number of hydrogen-bond acceptors (Lipinski definition) is 4. The molecule has 0 aliphatic heterocycles. The Morgan fingerprint density at radius 1 is 1.42 bits per heavy atom. The third-order valence-corrected chi connectivity index (χ3v) is 2.74. The number of carbonyl (C=O) groups is 1. The summed E-state index contributed by atoms with van der Waals surface area (Å²) in [5.41, 5.74) is 2.25. The van der Waals surface area contributed by atoms with Gasteiger partial charge >= 0.3 is 0 Å². The van der Waals surface area contributed by atoms with Crippen LogP contribution in [0.1, 0.15) is 16.2 Å². The Hall–Kier alpha value is -2.70. The maximum atomic E-state index is 12.0.